The van der Waals surface area contributed by atoms with Gasteiger partial charge >= 0.3 is 5.97 Å². The zero-order chi connectivity index (χ0) is 15.0. The summed E-state index contributed by atoms with van der Waals surface area (Å²) in [5, 5.41) is 12.2. The average Bonchev–Trinajstić information content (AvgIpc) is 3.06. The molecule has 0 radical (unpaired) electrons. The van der Waals surface area contributed by atoms with Crippen molar-refractivity contribution in [3.63, 3.8) is 0 Å². The first kappa shape index (κ1) is 14.1. The number of carboxylic acids is 1. The van der Waals surface area contributed by atoms with E-state index in [1.807, 2.05) is 11.9 Å². The second-order valence-corrected chi connectivity index (χ2v) is 6.16. The summed E-state index contributed by atoms with van der Waals surface area (Å²) in [7, 11) is 1.81. The number of amides is 1. The second-order valence-electron chi connectivity index (χ2n) is 6.16. The number of aryl methyl sites for hydroxylation is 1. The molecule has 1 aromatic rings. The molecule has 3 heterocycles. The summed E-state index contributed by atoms with van der Waals surface area (Å²) < 4.78 is 1.73. The number of nitrogens with one attached hydrogen (secondary N) is 1. The minimum absolute atomic E-state index is 0.00518. The second kappa shape index (κ2) is 5.14. The van der Waals surface area contributed by atoms with Crippen molar-refractivity contribution in [3.05, 3.63) is 18.2 Å². The largest absolute Gasteiger partial charge is 0.480 e. The van der Waals surface area contributed by atoms with Crippen molar-refractivity contribution in [2.24, 2.45) is 12.5 Å². The highest BCUT2D eigenvalue weighted by Gasteiger charge is 2.44. The van der Waals surface area contributed by atoms with Crippen LogP contribution in [-0.4, -0.2) is 57.1 Å². The van der Waals surface area contributed by atoms with E-state index in [-0.39, 0.29) is 11.3 Å². The molecule has 1 amide bonds. The number of aromatic nitrogens is 2. The fourth-order valence-corrected chi connectivity index (χ4v) is 3.38. The van der Waals surface area contributed by atoms with Crippen LogP contribution in [0.1, 0.15) is 29.8 Å². The van der Waals surface area contributed by atoms with E-state index in [9.17, 15) is 9.59 Å². The number of nitrogens with zero attached hydrogens (tertiary/aromatic N) is 3. The number of rotatable bonds is 2. The first-order valence-corrected chi connectivity index (χ1v) is 7.23. The summed E-state index contributed by atoms with van der Waals surface area (Å²) in [6.07, 6.45) is 5.58. The molecule has 0 aromatic carbocycles. The number of carboxylic acid groups (broad SMARTS) is 1. The molecule has 2 aliphatic heterocycles. The van der Waals surface area contributed by atoms with E-state index in [4.69, 9.17) is 5.11 Å². The third kappa shape index (κ3) is 2.53. The minimum atomic E-state index is -0.778. The van der Waals surface area contributed by atoms with Gasteiger partial charge in [-0.25, -0.2) is 4.98 Å². The van der Waals surface area contributed by atoms with Gasteiger partial charge < -0.3 is 19.9 Å². The first-order chi connectivity index (χ1) is 10.0. The van der Waals surface area contributed by atoms with E-state index in [1.165, 1.54) is 0 Å². The molecule has 0 unspecified atom stereocenters. The predicted molar refractivity (Wildman–Crippen MR) is 74.8 cm³/mol. The Kier molecular flexibility index (Phi) is 3.44. The molecule has 114 valence electrons. The van der Waals surface area contributed by atoms with Gasteiger partial charge in [0.15, 0.2) is 0 Å². The van der Waals surface area contributed by atoms with Crippen LogP contribution in [0.5, 0.6) is 0 Å². The molecule has 2 saturated heterocycles. The number of likely N-dealkylation sites (tertiary alicyclic amines) is 1. The normalized spacial score (nSPS) is 24.4. The van der Waals surface area contributed by atoms with Crippen LogP contribution in [-0.2, 0) is 11.8 Å². The zero-order valence-electron chi connectivity index (χ0n) is 12.1. The summed E-state index contributed by atoms with van der Waals surface area (Å²) in [6.45, 7) is 2.09. The molecule has 0 aliphatic carbocycles. The number of carbonyl (C=O) groups is 2. The van der Waals surface area contributed by atoms with Crippen molar-refractivity contribution < 1.29 is 14.7 Å². The lowest BCUT2D eigenvalue weighted by Crippen LogP contribution is -2.44. The summed E-state index contributed by atoms with van der Waals surface area (Å²) in [5.41, 5.74) is 0.630. The number of hydrogen-bond donors (Lipinski definition) is 2. The molecule has 1 spiro atoms. The van der Waals surface area contributed by atoms with Crippen LogP contribution in [0.3, 0.4) is 0 Å². The summed E-state index contributed by atoms with van der Waals surface area (Å²) in [5.74, 6) is -0.772. The number of carbonyl (C=O) groups excluding carboxylic acids is 1. The number of piperidine rings is 1. The Labute approximate surface area is 122 Å². The van der Waals surface area contributed by atoms with E-state index in [0.717, 1.165) is 19.4 Å². The smallest absolute Gasteiger partial charge is 0.320 e. The van der Waals surface area contributed by atoms with Gasteiger partial charge in [-0.1, -0.05) is 0 Å². The highest BCUT2D eigenvalue weighted by molar-refractivity contribution is 5.92. The lowest BCUT2D eigenvalue weighted by atomic mass is 9.76. The monoisotopic (exact) mass is 292 g/mol. The van der Waals surface area contributed by atoms with Gasteiger partial charge in [-0.3, -0.25) is 9.59 Å². The SMILES string of the molecule is Cn1cncc1C(=O)N1CCC2(CC1)CN[C@H](C(=O)O)C2. The number of imidazole rings is 1. The van der Waals surface area contributed by atoms with E-state index in [2.05, 4.69) is 10.3 Å². The fourth-order valence-electron chi connectivity index (χ4n) is 3.38. The van der Waals surface area contributed by atoms with E-state index < -0.39 is 12.0 Å². The van der Waals surface area contributed by atoms with Crippen LogP contribution < -0.4 is 5.32 Å². The van der Waals surface area contributed by atoms with Crippen LogP contribution in [0.2, 0.25) is 0 Å². The van der Waals surface area contributed by atoms with Crippen molar-refractivity contribution in [2.75, 3.05) is 19.6 Å². The highest BCUT2D eigenvalue weighted by Crippen LogP contribution is 2.39. The van der Waals surface area contributed by atoms with Gasteiger partial charge in [-0.05, 0) is 24.7 Å². The van der Waals surface area contributed by atoms with Gasteiger partial charge in [0.25, 0.3) is 5.91 Å². The van der Waals surface area contributed by atoms with Gasteiger partial charge in [0.1, 0.15) is 11.7 Å². The molecule has 21 heavy (non-hydrogen) atoms. The minimum Gasteiger partial charge on any atom is -0.480 e. The molecule has 3 rings (SSSR count). The number of hydrogen-bond acceptors (Lipinski definition) is 4. The molecule has 2 fully saturated rings. The lowest BCUT2D eigenvalue weighted by molar-refractivity contribution is -0.139. The van der Waals surface area contributed by atoms with Crippen molar-refractivity contribution in [1.29, 1.82) is 0 Å². The summed E-state index contributed by atoms with van der Waals surface area (Å²) >= 11 is 0. The molecular formula is C14H20N4O3. The summed E-state index contributed by atoms with van der Waals surface area (Å²) in [4.78, 5) is 29.3. The zero-order valence-corrected chi connectivity index (χ0v) is 12.1. The van der Waals surface area contributed by atoms with E-state index in [1.54, 1.807) is 17.1 Å². The van der Waals surface area contributed by atoms with Gasteiger partial charge in [0.2, 0.25) is 0 Å². The molecule has 7 nitrogen and oxygen atoms in total. The summed E-state index contributed by atoms with van der Waals surface area (Å²) in [6, 6.07) is -0.440. The van der Waals surface area contributed by atoms with Crippen LogP contribution in [0.4, 0.5) is 0 Å². The Hall–Kier alpha value is -1.89. The van der Waals surface area contributed by atoms with Gasteiger partial charge in [0, 0.05) is 26.7 Å². The van der Waals surface area contributed by atoms with Gasteiger partial charge in [-0.15, -0.1) is 0 Å². The molecule has 2 N–H and O–H groups in total. The van der Waals surface area contributed by atoms with Crippen molar-refractivity contribution in [2.45, 2.75) is 25.3 Å². The standard InChI is InChI=1S/C14H20N4O3/c1-17-9-15-7-11(17)12(19)18-4-2-14(3-5-18)6-10(13(20)21)16-8-14/h7,9-10,16H,2-6,8H2,1H3,(H,20,21)/t10-/m0/s1. The van der Waals surface area contributed by atoms with Crippen molar-refractivity contribution in [1.82, 2.24) is 19.8 Å². The molecule has 0 saturated carbocycles. The molecule has 0 bridgehead atoms. The van der Waals surface area contributed by atoms with Gasteiger partial charge in [0.05, 0.1) is 12.5 Å². The van der Waals surface area contributed by atoms with E-state index >= 15 is 0 Å². The van der Waals surface area contributed by atoms with Crippen LogP contribution in [0.15, 0.2) is 12.5 Å². The molecule has 2 aliphatic rings. The fraction of sp³-hybridized carbons (Fsp3) is 0.643. The Morgan fingerprint density at radius 2 is 2.14 bits per heavy atom. The Morgan fingerprint density at radius 3 is 2.67 bits per heavy atom. The number of aliphatic carboxylic acids is 1. The molecular weight excluding hydrogens is 272 g/mol. The van der Waals surface area contributed by atoms with Gasteiger partial charge in [-0.2, -0.15) is 0 Å². The van der Waals surface area contributed by atoms with Crippen LogP contribution in [0, 0.1) is 5.41 Å². The van der Waals surface area contributed by atoms with Crippen LogP contribution >= 0.6 is 0 Å². The molecule has 1 atom stereocenters. The molecule has 7 heteroatoms. The maximum absolute atomic E-state index is 12.4. The topological polar surface area (TPSA) is 87.5 Å². The van der Waals surface area contributed by atoms with E-state index in [0.29, 0.717) is 25.2 Å². The Balaban J connectivity index is 1.62. The third-order valence-corrected chi connectivity index (χ3v) is 4.81. The van der Waals surface area contributed by atoms with Crippen molar-refractivity contribution in [3.8, 4) is 0 Å². The Morgan fingerprint density at radius 1 is 1.43 bits per heavy atom. The predicted octanol–water partition coefficient (Wildman–Crippen LogP) is 0.0890. The lowest BCUT2D eigenvalue weighted by Gasteiger charge is -2.38. The maximum Gasteiger partial charge on any atom is 0.320 e. The molecule has 1 aromatic heterocycles. The quantitative estimate of drug-likeness (QED) is 0.806. The van der Waals surface area contributed by atoms with Crippen molar-refractivity contribution >= 4 is 11.9 Å². The highest BCUT2D eigenvalue weighted by atomic mass is 16.4. The van der Waals surface area contributed by atoms with Crippen LogP contribution in [0.25, 0.3) is 0 Å². The third-order valence-electron chi connectivity index (χ3n) is 4.81. The Bertz CT molecular complexity index is 560. The maximum atomic E-state index is 12.4. The first-order valence-electron chi connectivity index (χ1n) is 7.23. The average molecular weight is 292 g/mol.